The summed E-state index contributed by atoms with van der Waals surface area (Å²) in [6.07, 6.45) is 0. The number of benzene rings is 9. The van der Waals surface area contributed by atoms with Gasteiger partial charge in [-0.05, 0) is 109 Å². The fraction of sp³-hybridized carbons (Fsp3) is 0. The Labute approximate surface area is 311 Å². The van der Waals surface area contributed by atoms with Crippen LogP contribution < -0.4 is 4.90 Å². The van der Waals surface area contributed by atoms with Crippen LogP contribution in [-0.2, 0) is 0 Å². The summed E-state index contributed by atoms with van der Waals surface area (Å²) in [6.45, 7) is 0. The third kappa shape index (κ3) is 6.65. The molecule has 0 bridgehead atoms. The molecule has 0 aliphatic rings. The SMILES string of the molecule is c1ccc(-c2ccc(-c3ccc(N(c4cccc(-c5ccc6ccccc6c5)c4)c4cccc(-c5ccccc5-c5ccccc5)c4)cc3)cc2)cc1. The molecule has 0 fully saturated rings. The fourth-order valence-electron chi connectivity index (χ4n) is 7.35. The van der Waals surface area contributed by atoms with E-state index in [4.69, 9.17) is 0 Å². The standard InChI is InChI=1S/C52H37N/c1-3-13-38(14-4-1)40-25-27-41(28-26-40)42-31-33-48(34-32-42)53(49-21-11-19-45(36-49)46-30-29-39-15-7-8-18-44(39)35-46)50-22-12-20-47(37-50)52-24-10-9-23-51(52)43-16-5-2-6-17-43/h1-37H. The van der Waals surface area contributed by atoms with E-state index < -0.39 is 0 Å². The zero-order chi connectivity index (χ0) is 35.4. The molecule has 1 nitrogen and oxygen atoms in total. The summed E-state index contributed by atoms with van der Waals surface area (Å²) in [6, 6.07) is 80.8. The van der Waals surface area contributed by atoms with Gasteiger partial charge in [-0.25, -0.2) is 0 Å². The summed E-state index contributed by atoms with van der Waals surface area (Å²) in [5, 5.41) is 2.49. The average molecular weight is 676 g/mol. The van der Waals surface area contributed by atoms with Crippen LogP contribution in [-0.4, -0.2) is 0 Å². The van der Waals surface area contributed by atoms with Crippen molar-refractivity contribution in [3.8, 4) is 55.6 Å². The highest BCUT2D eigenvalue weighted by Gasteiger charge is 2.16. The van der Waals surface area contributed by atoms with Crippen LogP contribution in [0.4, 0.5) is 17.1 Å². The molecule has 9 aromatic rings. The van der Waals surface area contributed by atoms with E-state index in [-0.39, 0.29) is 0 Å². The topological polar surface area (TPSA) is 3.24 Å². The number of hydrogen-bond donors (Lipinski definition) is 0. The summed E-state index contributed by atoms with van der Waals surface area (Å²) in [5.74, 6) is 0. The molecule has 0 aromatic heterocycles. The predicted octanol–water partition coefficient (Wildman–Crippen LogP) is 14.6. The van der Waals surface area contributed by atoms with Crippen molar-refractivity contribution >= 4 is 27.8 Å². The van der Waals surface area contributed by atoms with E-state index in [1.807, 2.05) is 0 Å². The van der Waals surface area contributed by atoms with E-state index in [0.717, 1.165) is 17.1 Å². The summed E-state index contributed by atoms with van der Waals surface area (Å²) in [4.78, 5) is 2.38. The Morgan fingerprint density at radius 3 is 1.26 bits per heavy atom. The lowest BCUT2D eigenvalue weighted by Crippen LogP contribution is -2.10. The second-order valence-corrected chi connectivity index (χ2v) is 13.4. The molecule has 0 N–H and O–H groups in total. The van der Waals surface area contributed by atoms with Crippen molar-refractivity contribution in [2.24, 2.45) is 0 Å². The van der Waals surface area contributed by atoms with E-state index >= 15 is 0 Å². The van der Waals surface area contributed by atoms with E-state index in [2.05, 4.69) is 229 Å². The predicted molar refractivity (Wildman–Crippen MR) is 226 cm³/mol. The molecule has 250 valence electrons. The van der Waals surface area contributed by atoms with Crippen LogP contribution in [0.5, 0.6) is 0 Å². The minimum Gasteiger partial charge on any atom is -0.310 e. The lowest BCUT2D eigenvalue weighted by molar-refractivity contribution is 1.28. The van der Waals surface area contributed by atoms with Gasteiger partial charge >= 0.3 is 0 Å². The van der Waals surface area contributed by atoms with E-state index in [1.54, 1.807) is 0 Å². The van der Waals surface area contributed by atoms with Crippen molar-refractivity contribution in [3.63, 3.8) is 0 Å². The van der Waals surface area contributed by atoms with Crippen molar-refractivity contribution in [1.29, 1.82) is 0 Å². The molecule has 0 unspecified atom stereocenters. The highest BCUT2D eigenvalue weighted by Crippen LogP contribution is 2.41. The second-order valence-electron chi connectivity index (χ2n) is 13.4. The quantitative estimate of drug-likeness (QED) is 0.155. The molecule has 9 rings (SSSR count). The van der Waals surface area contributed by atoms with Gasteiger partial charge in [-0.3, -0.25) is 0 Å². The van der Waals surface area contributed by atoms with E-state index in [9.17, 15) is 0 Å². The monoisotopic (exact) mass is 675 g/mol. The van der Waals surface area contributed by atoms with Crippen LogP contribution in [0.15, 0.2) is 224 Å². The highest BCUT2D eigenvalue weighted by atomic mass is 15.1. The molecule has 0 aliphatic carbocycles. The molecule has 0 atom stereocenters. The first-order valence-electron chi connectivity index (χ1n) is 18.2. The number of hydrogen-bond acceptors (Lipinski definition) is 1. The molecule has 0 amide bonds. The zero-order valence-corrected chi connectivity index (χ0v) is 29.3. The number of nitrogens with zero attached hydrogens (tertiary/aromatic N) is 1. The van der Waals surface area contributed by atoms with Gasteiger partial charge in [0.25, 0.3) is 0 Å². The van der Waals surface area contributed by atoms with Crippen LogP contribution in [0.25, 0.3) is 66.4 Å². The minimum absolute atomic E-state index is 1.10. The van der Waals surface area contributed by atoms with Gasteiger partial charge in [0.2, 0.25) is 0 Å². The van der Waals surface area contributed by atoms with Crippen LogP contribution >= 0.6 is 0 Å². The van der Waals surface area contributed by atoms with Crippen molar-refractivity contribution in [1.82, 2.24) is 0 Å². The van der Waals surface area contributed by atoms with Crippen molar-refractivity contribution in [3.05, 3.63) is 224 Å². The number of rotatable bonds is 8. The lowest BCUT2D eigenvalue weighted by Gasteiger charge is -2.27. The third-order valence-electron chi connectivity index (χ3n) is 10.1. The number of fused-ring (bicyclic) bond motifs is 1. The van der Waals surface area contributed by atoms with Gasteiger partial charge < -0.3 is 4.90 Å². The maximum atomic E-state index is 2.38. The van der Waals surface area contributed by atoms with E-state index in [0.29, 0.717) is 0 Å². The van der Waals surface area contributed by atoms with Crippen LogP contribution in [0.2, 0.25) is 0 Å². The van der Waals surface area contributed by atoms with Crippen molar-refractivity contribution < 1.29 is 0 Å². The smallest absolute Gasteiger partial charge is 0.0467 e. The Morgan fingerprint density at radius 2 is 0.623 bits per heavy atom. The van der Waals surface area contributed by atoms with Gasteiger partial charge in [0.05, 0.1) is 0 Å². The number of anilines is 3. The molecular weight excluding hydrogens is 639 g/mol. The Bertz CT molecular complexity index is 2640. The summed E-state index contributed by atoms with van der Waals surface area (Å²) >= 11 is 0. The molecule has 0 aliphatic heterocycles. The van der Waals surface area contributed by atoms with Gasteiger partial charge in [-0.15, -0.1) is 0 Å². The first kappa shape index (κ1) is 32.0. The molecule has 0 radical (unpaired) electrons. The molecular formula is C52H37N. The normalized spacial score (nSPS) is 11.0. The maximum absolute atomic E-state index is 2.38. The Morgan fingerprint density at radius 1 is 0.208 bits per heavy atom. The Hall–Kier alpha value is -6.96. The van der Waals surface area contributed by atoms with Crippen LogP contribution in [0.3, 0.4) is 0 Å². The molecule has 0 spiro atoms. The Kier molecular flexibility index (Phi) is 8.66. The summed E-state index contributed by atoms with van der Waals surface area (Å²) < 4.78 is 0. The van der Waals surface area contributed by atoms with Crippen molar-refractivity contribution in [2.75, 3.05) is 4.90 Å². The van der Waals surface area contributed by atoms with Crippen LogP contribution in [0, 0.1) is 0 Å². The molecule has 0 saturated carbocycles. The van der Waals surface area contributed by atoms with Gasteiger partial charge in [-0.1, -0.05) is 182 Å². The lowest BCUT2D eigenvalue weighted by atomic mass is 9.94. The summed E-state index contributed by atoms with van der Waals surface area (Å²) in [5.41, 5.74) is 15.3. The molecule has 0 heterocycles. The van der Waals surface area contributed by atoms with Crippen LogP contribution in [0.1, 0.15) is 0 Å². The molecule has 0 saturated heterocycles. The third-order valence-corrected chi connectivity index (χ3v) is 10.1. The second kappa shape index (κ2) is 14.3. The first-order chi connectivity index (χ1) is 26.3. The maximum Gasteiger partial charge on any atom is 0.0467 e. The van der Waals surface area contributed by atoms with Gasteiger partial charge in [0.15, 0.2) is 0 Å². The van der Waals surface area contributed by atoms with Gasteiger partial charge in [0.1, 0.15) is 0 Å². The highest BCUT2D eigenvalue weighted by molar-refractivity contribution is 5.90. The molecule has 9 aromatic carbocycles. The average Bonchev–Trinajstić information content (AvgIpc) is 3.25. The minimum atomic E-state index is 1.10. The fourth-order valence-corrected chi connectivity index (χ4v) is 7.35. The van der Waals surface area contributed by atoms with E-state index in [1.165, 1.54) is 66.4 Å². The molecule has 53 heavy (non-hydrogen) atoms. The van der Waals surface area contributed by atoms with Gasteiger partial charge in [-0.2, -0.15) is 0 Å². The van der Waals surface area contributed by atoms with Crippen molar-refractivity contribution in [2.45, 2.75) is 0 Å². The largest absolute Gasteiger partial charge is 0.310 e. The van der Waals surface area contributed by atoms with Gasteiger partial charge in [0, 0.05) is 17.1 Å². The molecule has 1 heteroatoms. The summed E-state index contributed by atoms with van der Waals surface area (Å²) in [7, 11) is 0. The Balaban J connectivity index is 1.13. The zero-order valence-electron chi connectivity index (χ0n) is 29.3. The first-order valence-corrected chi connectivity index (χ1v) is 18.2.